The SMILES string of the molecule is CC(C)(C)Oc1cc(-c2cccc3ccccc23)nc2ccccc12. The van der Waals surface area contributed by atoms with Crippen molar-refractivity contribution in [2.45, 2.75) is 26.4 Å². The number of rotatable bonds is 2. The maximum atomic E-state index is 6.25. The second kappa shape index (κ2) is 5.89. The molecule has 0 aliphatic heterocycles. The van der Waals surface area contributed by atoms with E-state index in [1.54, 1.807) is 0 Å². The fourth-order valence-corrected chi connectivity index (χ4v) is 3.14. The Bertz CT molecular complexity index is 1060. The normalized spacial score (nSPS) is 11.8. The first-order chi connectivity index (χ1) is 12.0. The number of ether oxygens (including phenoxy) is 1. The number of nitrogens with zero attached hydrogens (tertiary/aromatic N) is 1. The molecule has 0 saturated carbocycles. The van der Waals surface area contributed by atoms with E-state index < -0.39 is 0 Å². The number of pyridine rings is 1. The first kappa shape index (κ1) is 15.6. The molecule has 0 aliphatic rings. The highest BCUT2D eigenvalue weighted by molar-refractivity contribution is 5.98. The van der Waals surface area contributed by atoms with Gasteiger partial charge in [0.2, 0.25) is 0 Å². The molecule has 0 unspecified atom stereocenters. The van der Waals surface area contributed by atoms with Crippen molar-refractivity contribution in [3.63, 3.8) is 0 Å². The molecule has 1 heterocycles. The molecule has 25 heavy (non-hydrogen) atoms. The van der Waals surface area contributed by atoms with E-state index in [2.05, 4.69) is 75.4 Å². The van der Waals surface area contributed by atoms with E-state index in [4.69, 9.17) is 9.72 Å². The zero-order valence-corrected chi connectivity index (χ0v) is 14.8. The minimum Gasteiger partial charge on any atom is -0.487 e. The molecule has 1 aromatic heterocycles. The van der Waals surface area contributed by atoms with Crippen LogP contribution in [0.15, 0.2) is 72.8 Å². The summed E-state index contributed by atoms with van der Waals surface area (Å²) in [6.07, 6.45) is 0. The summed E-state index contributed by atoms with van der Waals surface area (Å²) >= 11 is 0. The van der Waals surface area contributed by atoms with Crippen LogP contribution in [0.5, 0.6) is 5.75 Å². The average Bonchev–Trinajstić information content (AvgIpc) is 2.60. The monoisotopic (exact) mass is 327 g/mol. The van der Waals surface area contributed by atoms with E-state index in [1.807, 2.05) is 18.2 Å². The molecule has 0 spiro atoms. The van der Waals surface area contributed by atoms with Gasteiger partial charge in [0.05, 0.1) is 11.2 Å². The molecular weight excluding hydrogens is 306 g/mol. The largest absolute Gasteiger partial charge is 0.487 e. The zero-order chi connectivity index (χ0) is 17.4. The van der Waals surface area contributed by atoms with Crippen molar-refractivity contribution in [3.05, 3.63) is 72.8 Å². The quantitative estimate of drug-likeness (QED) is 0.435. The maximum absolute atomic E-state index is 6.25. The summed E-state index contributed by atoms with van der Waals surface area (Å²) < 4.78 is 6.25. The molecule has 0 saturated heterocycles. The third-order valence-electron chi connectivity index (χ3n) is 4.16. The van der Waals surface area contributed by atoms with Gasteiger partial charge in [0, 0.05) is 17.0 Å². The summed E-state index contributed by atoms with van der Waals surface area (Å²) in [6.45, 7) is 6.21. The van der Waals surface area contributed by atoms with E-state index in [-0.39, 0.29) is 5.60 Å². The molecular formula is C23H21NO. The summed E-state index contributed by atoms with van der Waals surface area (Å²) in [5, 5.41) is 3.46. The Balaban J connectivity index is 1.99. The summed E-state index contributed by atoms with van der Waals surface area (Å²) in [4.78, 5) is 4.91. The average molecular weight is 327 g/mol. The van der Waals surface area contributed by atoms with Gasteiger partial charge in [-0.05, 0) is 43.7 Å². The zero-order valence-electron chi connectivity index (χ0n) is 14.8. The van der Waals surface area contributed by atoms with Crippen LogP contribution < -0.4 is 4.74 Å². The third kappa shape index (κ3) is 3.08. The Labute approximate surface area is 148 Å². The minimum absolute atomic E-state index is 0.264. The summed E-state index contributed by atoms with van der Waals surface area (Å²) in [5.74, 6) is 0.876. The number of hydrogen-bond donors (Lipinski definition) is 0. The maximum Gasteiger partial charge on any atom is 0.131 e. The van der Waals surface area contributed by atoms with Crippen molar-refractivity contribution in [3.8, 4) is 17.0 Å². The number of fused-ring (bicyclic) bond motifs is 2. The van der Waals surface area contributed by atoms with Gasteiger partial charge in [-0.1, -0.05) is 54.6 Å². The number of hydrogen-bond acceptors (Lipinski definition) is 2. The highest BCUT2D eigenvalue weighted by Gasteiger charge is 2.16. The lowest BCUT2D eigenvalue weighted by Gasteiger charge is -2.23. The van der Waals surface area contributed by atoms with Gasteiger partial charge in [-0.3, -0.25) is 0 Å². The summed E-state index contributed by atoms with van der Waals surface area (Å²) in [5.41, 5.74) is 2.75. The van der Waals surface area contributed by atoms with Crippen molar-refractivity contribution in [1.29, 1.82) is 0 Å². The molecule has 4 rings (SSSR count). The van der Waals surface area contributed by atoms with Gasteiger partial charge in [-0.15, -0.1) is 0 Å². The van der Waals surface area contributed by atoms with Gasteiger partial charge in [-0.2, -0.15) is 0 Å². The molecule has 2 heteroatoms. The fraction of sp³-hybridized carbons (Fsp3) is 0.174. The Morgan fingerprint density at radius 3 is 2.24 bits per heavy atom. The molecule has 124 valence electrons. The van der Waals surface area contributed by atoms with Gasteiger partial charge in [0.15, 0.2) is 0 Å². The molecule has 0 fully saturated rings. The molecule has 4 aromatic rings. The lowest BCUT2D eigenvalue weighted by molar-refractivity contribution is 0.133. The van der Waals surface area contributed by atoms with Crippen LogP contribution in [0, 0.1) is 0 Å². The number of aromatic nitrogens is 1. The first-order valence-corrected chi connectivity index (χ1v) is 8.58. The van der Waals surface area contributed by atoms with Crippen LogP contribution in [-0.2, 0) is 0 Å². The molecule has 0 radical (unpaired) electrons. The van der Waals surface area contributed by atoms with E-state index in [9.17, 15) is 0 Å². The van der Waals surface area contributed by atoms with E-state index in [0.717, 1.165) is 27.9 Å². The first-order valence-electron chi connectivity index (χ1n) is 8.58. The highest BCUT2D eigenvalue weighted by atomic mass is 16.5. The molecule has 3 aromatic carbocycles. The minimum atomic E-state index is -0.264. The van der Waals surface area contributed by atoms with E-state index >= 15 is 0 Å². The molecule has 0 aliphatic carbocycles. The molecule has 0 bridgehead atoms. The fourth-order valence-electron chi connectivity index (χ4n) is 3.14. The highest BCUT2D eigenvalue weighted by Crippen LogP contribution is 2.34. The number of benzene rings is 3. The lowest BCUT2D eigenvalue weighted by atomic mass is 10.0. The Kier molecular flexibility index (Phi) is 3.69. The second-order valence-electron chi connectivity index (χ2n) is 7.26. The van der Waals surface area contributed by atoms with E-state index in [0.29, 0.717) is 0 Å². The van der Waals surface area contributed by atoms with Crippen molar-refractivity contribution in [2.24, 2.45) is 0 Å². The van der Waals surface area contributed by atoms with Crippen LogP contribution >= 0.6 is 0 Å². The van der Waals surface area contributed by atoms with Crippen molar-refractivity contribution >= 4 is 21.7 Å². The molecule has 0 N–H and O–H groups in total. The third-order valence-corrected chi connectivity index (χ3v) is 4.16. The van der Waals surface area contributed by atoms with Crippen LogP contribution in [0.4, 0.5) is 0 Å². The van der Waals surface area contributed by atoms with Crippen molar-refractivity contribution in [2.75, 3.05) is 0 Å². The Hall–Kier alpha value is -2.87. The predicted octanol–water partition coefficient (Wildman–Crippen LogP) is 6.23. The molecule has 0 atom stereocenters. The second-order valence-corrected chi connectivity index (χ2v) is 7.26. The van der Waals surface area contributed by atoms with Crippen LogP contribution in [0.2, 0.25) is 0 Å². The van der Waals surface area contributed by atoms with Crippen LogP contribution in [-0.4, -0.2) is 10.6 Å². The van der Waals surface area contributed by atoms with Crippen molar-refractivity contribution in [1.82, 2.24) is 4.98 Å². The van der Waals surface area contributed by atoms with Crippen LogP contribution in [0.3, 0.4) is 0 Å². The summed E-state index contributed by atoms with van der Waals surface area (Å²) in [6, 6.07) is 25.0. The lowest BCUT2D eigenvalue weighted by Crippen LogP contribution is -2.23. The van der Waals surface area contributed by atoms with E-state index in [1.165, 1.54) is 10.8 Å². The molecule has 2 nitrogen and oxygen atoms in total. The smallest absolute Gasteiger partial charge is 0.131 e. The van der Waals surface area contributed by atoms with Gasteiger partial charge >= 0.3 is 0 Å². The standard InChI is InChI=1S/C23H21NO/c1-23(2,3)25-22-15-21(24-20-14-7-6-12-19(20)22)18-13-8-10-16-9-4-5-11-17(16)18/h4-15H,1-3H3. The van der Waals surface area contributed by atoms with Gasteiger partial charge in [-0.25, -0.2) is 4.98 Å². The predicted molar refractivity (Wildman–Crippen MR) is 105 cm³/mol. The van der Waals surface area contributed by atoms with Gasteiger partial charge < -0.3 is 4.74 Å². The van der Waals surface area contributed by atoms with Crippen LogP contribution in [0.25, 0.3) is 32.9 Å². The van der Waals surface area contributed by atoms with Gasteiger partial charge in [0.1, 0.15) is 11.4 Å². The van der Waals surface area contributed by atoms with Crippen LogP contribution in [0.1, 0.15) is 20.8 Å². The topological polar surface area (TPSA) is 22.1 Å². The number of para-hydroxylation sites is 1. The summed E-state index contributed by atoms with van der Waals surface area (Å²) in [7, 11) is 0. The molecule has 0 amide bonds. The Morgan fingerprint density at radius 2 is 1.44 bits per heavy atom. The van der Waals surface area contributed by atoms with Gasteiger partial charge in [0.25, 0.3) is 0 Å². The Morgan fingerprint density at radius 1 is 0.760 bits per heavy atom. The van der Waals surface area contributed by atoms with Crippen molar-refractivity contribution < 1.29 is 4.74 Å².